The Morgan fingerprint density at radius 3 is 2.58 bits per heavy atom. The summed E-state index contributed by atoms with van der Waals surface area (Å²) < 4.78 is 0. The Morgan fingerprint density at radius 2 is 2.00 bits per heavy atom. The number of nitrogens with zero attached hydrogens (tertiary/aromatic N) is 1. The third-order valence-electron chi connectivity index (χ3n) is 1.22. The number of hydrogen-bond acceptors (Lipinski definition) is 3. The molecule has 0 saturated heterocycles. The summed E-state index contributed by atoms with van der Waals surface area (Å²) in [6.07, 6.45) is 2.14. The zero-order valence-electron chi connectivity index (χ0n) is 6.31. The Hall–Kier alpha value is -1.84. The van der Waals surface area contributed by atoms with Gasteiger partial charge in [0, 0.05) is 5.69 Å². The number of rotatable bonds is 3. The molecule has 0 amide bonds. The first-order chi connectivity index (χ1) is 5.79. The first kappa shape index (κ1) is 8.26. The molecule has 12 heavy (non-hydrogen) atoms. The Kier molecular flexibility index (Phi) is 2.84. The number of para-hydroxylation sites is 1. The van der Waals surface area contributed by atoms with Gasteiger partial charge in [-0.15, -0.1) is 0 Å². The highest BCUT2D eigenvalue weighted by molar-refractivity contribution is 5.44. The standard InChI is InChI=1S/C8H8N2O2/c11-10(12)7-6-9-8-4-2-1-3-5-8/h1-7,9H/b7-6-. The predicted octanol–water partition coefficient (Wildman–Crippen LogP) is 1.85. The van der Waals surface area contributed by atoms with Gasteiger partial charge in [-0.05, 0) is 12.1 Å². The minimum Gasteiger partial charge on any atom is -0.356 e. The van der Waals surface area contributed by atoms with Crippen LogP contribution in [-0.4, -0.2) is 4.92 Å². The van der Waals surface area contributed by atoms with Crippen LogP contribution in [0, 0.1) is 10.1 Å². The van der Waals surface area contributed by atoms with Gasteiger partial charge in [-0.3, -0.25) is 10.1 Å². The minimum atomic E-state index is -0.518. The maximum absolute atomic E-state index is 9.87. The Bertz CT molecular complexity index is 282. The second-order valence-corrected chi connectivity index (χ2v) is 2.11. The highest BCUT2D eigenvalue weighted by atomic mass is 16.6. The normalized spacial score (nSPS) is 10.0. The second-order valence-electron chi connectivity index (χ2n) is 2.11. The van der Waals surface area contributed by atoms with E-state index >= 15 is 0 Å². The smallest absolute Gasteiger partial charge is 0.250 e. The lowest BCUT2D eigenvalue weighted by Gasteiger charge is -1.95. The fourth-order valence-electron chi connectivity index (χ4n) is 0.729. The van der Waals surface area contributed by atoms with Crippen LogP contribution in [0.2, 0.25) is 0 Å². The molecule has 0 bridgehead atoms. The molecule has 1 rings (SSSR count). The predicted molar refractivity (Wildman–Crippen MR) is 46.2 cm³/mol. The van der Waals surface area contributed by atoms with Crippen molar-refractivity contribution in [2.75, 3.05) is 5.32 Å². The molecule has 0 fully saturated rings. The van der Waals surface area contributed by atoms with E-state index in [1.54, 1.807) is 0 Å². The van der Waals surface area contributed by atoms with Gasteiger partial charge in [-0.25, -0.2) is 0 Å². The van der Waals surface area contributed by atoms with Gasteiger partial charge >= 0.3 is 0 Å². The molecule has 0 atom stereocenters. The average molecular weight is 164 g/mol. The van der Waals surface area contributed by atoms with Crippen LogP contribution in [-0.2, 0) is 0 Å². The first-order valence-electron chi connectivity index (χ1n) is 3.41. The molecule has 62 valence electrons. The van der Waals surface area contributed by atoms with Crippen molar-refractivity contribution in [3.05, 3.63) is 52.8 Å². The minimum absolute atomic E-state index is 0.518. The number of benzene rings is 1. The van der Waals surface area contributed by atoms with Crippen molar-refractivity contribution in [3.8, 4) is 0 Å². The van der Waals surface area contributed by atoms with Gasteiger partial charge in [0.05, 0.1) is 11.1 Å². The van der Waals surface area contributed by atoms with Crippen molar-refractivity contribution in [2.24, 2.45) is 0 Å². The van der Waals surface area contributed by atoms with Crippen LogP contribution >= 0.6 is 0 Å². The average Bonchev–Trinajstić information content (AvgIpc) is 2.05. The van der Waals surface area contributed by atoms with E-state index in [1.807, 2.05) is 30.3 Å². The van der Waals surface area contributed by atoms with Gasteiger partial charge in [0.15, 0.2) is 0 Å². The van der Waals surface area contributed by atoms with Gasteiger partial charge in [-0.1, -0.05) is 18.2 Å². The number of nitro groups is 1. The molecule has 0 spiro atoms. The number of hydrogen-bond donors (Lipinski definition) is 1. The van der Waals surface area contributed by atoms with Crippen LogP contribution in [0.3, 0.4) is 0 Å². The molecule has 0 aliphatic carbocycles. The molecule has 0 unspecified atom stereocenters. The van der Waals surface area contributed by atoms with Crippen LogP contribution in [0.15, 0.2) is 42.7 Å². The molecule has 0 aliphatic heterocycles. The summed E-state index contributed by atoms with van der Waals surface area (Å²) in [5.41, 5.74) is 0.829. The fraction of sp³-hybridized carbons (Fsp3) is 0. The molecule has 0 radical (unpaired) electrons. The van der Waals surface area contributed by atoms with E-state index in [4.69, 9.17) is 0 Å². The fourth-order valence-corrected chi connectivity index (χ4v) is 0.729. The molecule has 1 aromatic rings. The zero-order chi connectivity index (χ0) is 8.81. The molecular weight excluding hydrogens is 156 g/mol. The molecule has 0 saturated carbocycles. The number of anilines is 1. The summed E-state index contributed by atoms with van der Waals surface area (Å²) in [6, 6.07) is 9.22. The third kappa shape index (κ3) is 2.83. The summed E-state index contributed by atoms with van der Waals surface area (Å²) >= 11 is 0. The van der Waals surface area contributed by atoms with Gasteiger partial charge in [-0.2, -0.15) is 0 Å². The topological polar surface area (TPSA) is 55.2 Å². The quantitative estimate of drug-likeness (QED) is 0.547. The molecule has 0 heterocycles. The Labute approximate surface area is 69.7 Å². The molecular formula is C8H8N2O2. The maximum Gasteiger partial charge on any atom is 0.250 e. The second kappa shape index (κ2) is 4.12. The van der Waals surface area contributed by atoms with Crippen LogP contribution in [0.5, 0.6) is 0 Å². The van der Waals surface area contributed by atoms with Crippen molar-refractivity contribution >= 4 is 5.69 Å². The summed E-state index contributed by atoms with van der Waals surface area (Å²) in [5.74, 6) is 0. The first-order valence-corrected chi connectivity index (χ1v) is 3.41. The molecule has 1 aromatic carbocycles. The summed E-state index contributed by atoms with van der Waals surface area (Å²) in [5, 5.41) is 12.6. The van der Waals surface area contributed by atoms with Gasteiger partial charge < -0.3 is 5.32 Å². The van der Waals surface area contributed by atoms with Crippen molar-refractivity contribution < 1.29 is 4.92 Å². The van der Waals surface area contributed by atoms with Crippen molar-refractivity contribution in [1.82, 2.24) is 0 Å². The lowest BCUT2D eigenvalue weighted by Crippen LogP contribution is -1.89. The monoisotopic (exact) mass is 164 g/mol. The largest absolute Gasteiger partial charge is 0.356 e. The third-order valence-corrected chi connectivity index (χ3v) is 1.22. The lowest BCUT2D eigenvalue weighted by atomic mass is 10.3. The lowest BCUT2D eigenvalue weighted by molar-refractivity contribution is -0.402. The summed E-state index contributed by atoms with van der Waals surface area (Å²) in [4.78, 5) is 9.35. The highest BCUT2D eigenvalue weighted by Gasteiger charge is 1.85. The van der Waals surface area contributed by atoms with E-state index in [0.29, 0.717) is 0 Å². The van der Waals surface area contributed by atoms with E-state index in [-0.39, 0.29) is 0 Å². The highest BCUT2D eigenvalue weighted by Crippen LogP contribution is 2.03. The van der Waals surface area contributed by atoms with Gasteiger partial charge in [0.2, 0.25) is 6.20 Å². The summed E-state index contributed by atoms with van der Waals surface area (Å²) in [7, 11) is 0. The zero-order valence-corrected chi connectivity index (χ0v) is 6.31. The van der Waals surface area contributed by atoms with Crippen LogP contribution in [0.1, 0.15) is 0 Å². The van der Waals surface area contributed by atoms with E-state index in [0.717, 1.165) is 11.9 Å². The van der Waals surface area contributed by atoms with E-state index in [2.05, 4.69) is 5.32 Å². The van der Waals surface area contributed by atoms with Crippen LogP contribution in [0.4, 0.5) is 5.69 Å². The van der Waals surface area contributed by atoms with Crippen LogP contribution < -0.4 is 5.32 Å². The maximum atomic E-state index is 9.87. The summed E-state index contributed by atoms with van der Waals surface area (Å²) in [6.45, 7) is 0. The molecule has 0 aromatic heterocycles. The van der Waals surface area contributed by atoms with Crippen molar-refractivity contribution in [3.63, 3.8) is 0 Å². The van der Waals surface area contributed by atoms with Crippen molar-refractivity contribution in [2.45, 2.75) is 0 Å². The van der Waals surface area contributed by atoms with Gasteiger partial charge in [0.25, 0.3) is 0 Å². The van der Waals surface area contributed by atoms with Crippen LogP contribution in [0.25, 0.3) is 0 Å². The molecule has 1 N–H and O–H groups in total. The Morgan fingerprint density at radius 1 is 1.33 bits per heavy atom. The molecule has 4 nitrogen and oxygen atoms in total. The van der Waals surface area contributed by atoms with Gasteiger partial charge in [0.1, 0.15) is 0 Å². The molecule has 0 aliphatic rings. The van der Waals surface area contributed by atoms with E-state index in [9.17, 15) is 10.1 Å². The molecule has 4 heteroatoms. The van der Waals surface area contributed by atoms with E-state index < -0.39 is 4.92 Å². The Balaban J connectivity index is 2.49. The SMILES string of the molecule is O=[N+]([O-])/C=C\Nc1ccccc1. The van der Waals surface area contributed by atoms with Crippen molar-refractivity contribution in [1.29, 1.82) is 0 Å². The van der Waals surface area contributed by atoms with E-state index in [1.165, 1.54) is 6.20 Å². The number of nitrogens with one attached hydrogen (secondary N) is 1.